The second-order valence-corrected chi connectivity index (χ2v) is 7.92. The van der Waals surface area contributed by atoms with Gasteiger partial charge in [-0.25, -0.2) is 0 Å². The van der Waals surface area contributed by atoms with Gasteiger partial charge >= 0.3 is 0 Å². The van der Waals surface area contributed by atoms with Crippen LogP contribution in [0.1, 0.15) is 10.4 Å². The zero-order valence-electron chi connectivity index (χ0n) is 16.8. The van der Waals surface area contributed by atoms with E-state index in [9.17, 15) is 4.79 Å². The number of fused-ring (bicyclic) bond motifs is 2. The molecule has 0 saturated carbocycles. The molecule has 8 heteroatoms. The molecule has 0 unspecified atom stereocenters. The van der Waals surface area contributed by atoms with Crippen LogP contribution >= 0.6 is 23.2 Å². The second-order valence-electron chi connectivity index (χ2n) is 7.11. The molecular formula is C24H16Cl2N4O2. The highest BCUT2D eigenvalue weighted by Gasteiger charge is 2.13. The first kappa shape index (κ1) is 20.3. The molecule has 1 aromatic heterocycles. The number of halogens is 2. The number of benzene rings is 4. The number of nitrogens with zero attached hydrogens (tertiary/aromatic N) is 3. The molecule has 158 valence electrons. The summed E-state index contributed by atoms with van der Waals surface area (Å²) in [6.07, 6.45) is 0. The van der Waals surface area contributed by atoms with Gasteiger partial charge in [-0.1, -0.05) is 47.5 Å². The van der Waals surface area contributed by atoms with Gasteiger partial charge in [-0.05, 0) is 53.9 Å². The smallest absolute Gasteiger partial charge is 0.256 e. The summed E-state index contributed by atoms with van der Waals surface area (Å²) in [6, 6.07) is 21.7. The molecule has 5 rings (SSSR count). The van der Waals surface area contributed by atoms with Gasteiger partial charge in [0.15, 0.2) is 0 Å². The van der Waals surface area contributed by atoms with Crippen LogP contribution in [0.5, 0.6) is 5.75 Å². The van der Waals surface area contributed by atoms with Gasteiger partial charge in [0, 0.05) is 21.7 Å². The SMILES string of the molecule is COc1ccc(-n2nc3ccc(NC(=O)c4cccc5c(Cl)cccc45)cc3n2)cc1Cl. The van der Waals surface area contributed by atoms with Crippen molar-refractivity contribution in [3.05, 3.63) is 88.4 Å². The summed E-state index contributed by atoms with van der Waals surface area (Å²) in [7, 11) is 1.56. The Bertz CT molecular complexity index is 1500. The van der Waals surface area contributed by atoms with Crippen molar-refractivity contribution in [1.29, 1.82) is 0 Å². The lowest BCUT2D eigenvalue weighted by molar-refractivity contribution is 0.102. The summed E-state index contributed by atoms with van der Waals surface area (Å²) in [5.74, 6) is 0.346. The number of rotatable bonds is 4. The number of carbonyl (C=O) groups excluding carboxylic acids is 1. The quantitative estimate of drug-likeness (QED) is 0.348. The predicted molar refractivity (Wildman–Crippen MR) is 127 cm³/mol. The standard InChI is InChI=1S/C24H16Cl2N4O2/c1-32-23-11-9-15(13-20(23)26)30-28-21-10-8-14(12-22(21)29-30)27-24(31)18-6-2-5-17-16(18)4-3-7-19(17)25/h2-13H,1H3,(H,27,31). The molecule has 0 spiro atoms. The Morgan fingerprint density at radius 3 is 2.47 bits per heavy atom. The monoisotopic (exact) mass is 462 g/mol. The lowest BCUT2D eigenvalue weighted by Crippen LogP contribution is -2.12. The van der Waals surface area contributed by atoms with Gasteiger partial charge in [0.2, 0.25) is 0 Å². The van der Waals surface area contributed by atoms with Crippen molar-refractivity contribution in [2.24, 2.45) is 0 Å². The largest absolute Gasteiger partial charge is 0.495 e. The van der Waals surface area contributed by atoms with E-state index in [1.807, 2.05) is 30.3 Å². The van der Waals surface area contributed by atoms with Crippen molar-refractivity contribution in [3.8, 4) is 11.4 Å². The van der Waals surface area contributed by atoms with Gasteiger partial charge in [0.25, 0.3) is 5.91 Å². The number of methoxy groups -OCH3 is 1. The Morgan fingerprint density at radius 1 is 0.875 bits per heavy atom. The minimum atomic E-state index is -0.230. The second kappa shape index (κ2) is 8.15. The lowest BCUT2D eigenvalue weighted by Gasteiger charge is -2.09. The maximum Gasteiger partial charge on any atom is 0.256 e. The molecule has 4 aromatic carbocycles. The van der Waals surface area contributed by atoms with E-state index in [2.05, 4.69) is 15.5 Å². The Kier molecular flexibility index (Phi) is 5.17. The summed E-state index contributed by atoms with van der Waals surface area (Å²) in [6.45, 7) is 0. The third kappa shape index (κ3) is 3.64. The summed E-state index contributed by atoms with van der Waals surface area (Å²) < 4.78 is 5.19. The van der Waals surface area contributed by atoms with Crippen LogP contribution in [0, 0.1) is 0 Å². The number of anilines is 1. The highest BCUT2D eigenvalue weighted by Crippen LogP contribution is 2.28. The molecule has 5 aromatic rings. The first-order valence-corrected chi connectivity index (χ1v) is 10.5. The Morgan fingerprint density at radius 2 is 1.66 bits per heavy atom. The van der Waals surface area contributed by atoms with Crippen molar-refractivity contribution in [2.45, 2.75) is 0 Å². The Hall–Kier alpha value is -3.61. The van der Waals surface area contributed by atoms with Crippen molar-refractivity contribution in [2.75, 3.05) is 12.4 Å². The molecule has 1 amide bonds. The third-order valence-electron chi connectivity index (χ3n) is 5.12. The maximum atomic E-state index is 13.0. The first-order chi connectivity index (χ1) is 15.5. The van der Waals surface area contributed by atoms with Crippen molar-refractivity contribution < 1.29 is 9.53 Å². The van der Waals surface area contributed by atoms with Crippen molar-refractivity contribution in [3.63, 3.8) is 0 Å². The van der Waals surface area contributed by atoms with Crippen LogP contribution in [0.15, 0.2) is 72.8 Å². The number of amides is 1. The molecular weight excluding hydrogens is 447 g/mol. The van der Waals surface area contributed by atoms with E-state index in [1.165, 1.54) is 4.80 Å². The fourth-order valence-electron chi connectivity index (χ4n) is 3.56. The average Bonchev–Trinajstić information content (AvgIpc) is 3.22. The van der Waals surface area contributed by atoms with Crippen LogP contribution in [0.3, 0.4) is 0 Å². The molecule has 0 aliphatic carbocycles. The van der Waals surface area contributed by atoms with E-state index in [4.69, 9.17) is 27.9 Å². The zero-order chi connectivity index (χ0) is 22.2. The summed E-state index contributed by atoms with van der Waals surface area (Å²) in [5.41, 5.74) is 3.18. The zero-order valence-corrected chi connectivity index (χ0v) is 18.4. The molecule has 0 radical (unpaired) electrons. The molecule has 0 bridgehead atoms. The molecule has 1 heterocycles. The van der Waals surface area contributed by atoms with Crippen LogP contribution in [0.25, 0.3) is 27.5 Å². The molecule has 0 saturated heterocycles. The number of carbonyl (C=O) groups is 1. The van der Waals surface area contributed by atoms with E-state index in [1.54, 1.807) is 49.6 Å². The summed E-state index contributed by atoms with van der Waals surface area (Å²) in [4.78, 5) is 14.5. The van der Waals surface area contributed by atoms with Crippen LogP contribution in [0.2, 0.25) is 10.0 Å². The predicted octanol–water partition coefficient (Wildman–Crippen LogP) is 6.14. The number of hydrogen-bond donors (Lipinski definition) is 1. The van der Waals surface area contributed by atoms with Crippen LogP contribution in [0.4, 0.5) is 5.69 Å². The van der Waals surface area contributed by atoms with Gasteiger partial charge in [0.1, 0.15) is 16.8 Å². The molecule has 6 nitrogen and oxygen atoms in total. The third-order valence-corrected chi connectivity index (χ3v) is 5.74. The Labute approximate surface area is 193 Å². The fraction of sp³-hybridized carbons (Fsp3) is 0.0417. The molecule has 0 aliphatic rings. The van der Waals surface area contributed by atoms with Crippen LogP contribution in [-0.2, 0) is 0 Å². The molecule has 32 heavy (non-hydrogen) atoms. The van der Waals surface area contributed by atoms with Gasteiger partial charge in [-0.2, -0.15) is 4.80 Å². The molecule has 0 fully saturated rings. The lowest BCUT2D eigenvalue weighted by atomic mass is 10.0. The number of aromatic nitrogens is 3. The molecule has 0 atom stereocenters. The first-order valence-electron chi connectivity index (χ1n) is 9.73. The Balaban J connectivity index is 1.45. The van der Waals surface area contributed by atoms with E-state index in [-0.39, 0.29) is 5.91 Å². The van der Waals surface area contributed by atoms with E-state index >= 15 is 0 Å². The van der Waals surface area contributed by atoms with Crippen LogP contribution < -0.4 is 10.1 Å². The van der Waals surface area contributed by atoms with Gasteiger partial charge in [0.05, 0.1) is 17.8 Å². The van der Waals surface area contributed by atoms with Gasteiger partial charge in [-0.3, -0.25) is 4.79 Å². The molecule has 1 N–H and O–H groups in total. The normalized spacial score (nSPS) is 11.1. The molecule has 0 aliphatic heterocycles. The highest BCUT2D eigenvalue weighted by molar-refractivity contribution is 6.36. The average molecular weight is 463 g/mol. The van der Waals surface area contributed by atoms with Gasteiger partial charge in [-0.15, -0.1) is 10.2 Å². The summed E-state index contributed by atoms with van der Waals surface area (Å²) in [5, 5.41) is 14.6. The van der Waals surface area contributed by atoms with E-state index in [0.717, 1.165) is 10.8 Å². The summed E-state index contributed by atoms with van der Waals surface area (Å²) >= 11 is 12.5. The van der Waals surface area contributed by atoms with Crippen LogP contribution in [-0.4, -0.2) is 28.0 Å². The minimum absolute atomic E-state index is 0.230. The number of nitrogens with one attached hydrogen (secondary N) is 1. The minimum Gasteiger partial charge on any atom is -0.495 e. The topological polar surface area (TPSA) is 69.0 Å². The maximum absolute atomic E-state index is 13.0. The van der Waals surface area contributed by atoms with E-state index in [0.29, 0.717) is 43.8 Å². The van der Waals surface area contributed by atoms with Gasteiger partial charge < -0.3 is 10.1 Å². The number of hydrogen-bond acceptors (Lipinski definition) is 4. The van der Waals surface area contributed by atoms with Crippen molar-refractivity contribution >= 4 is 56.6 Å². The van der Waals surface area contributed by atoms with Crippen molar-refractivity contribution in [1.82, 2.24) is 15.0 Å². The highest BCUT2D eigenvalue weighted by atomic mass is 35.5. The fourth-order valence-corrected chi connectivity index (χ4v) is 4.04. The number of ether oxygens (including phenoxy) is 1. The van der Waals surface area contributed by atoms with E-state index < -0.39 is 0 Å².